The maximum Gasteiger partial charge on any atom is 0.280 e. The molecule has 0 saturated heterocycles. The van der Waals surface area contributed by atoms with Crippen LogP contribution in [-0.2, 0) is 11.2 Å². The molecule has 8 nitrogen and oxygen atoms in total. The van der Waals surface area contributed by atoms with E-state index in [0.29, 0.717) is 22.0 Å². The van der Waals surface area contributed by atoms with Crippen LogP contribution in [0.4, 0.5) is 5.69 Å². The molecule has 166 valence electrons. The Balaban J connectivity index is 1.46. The number of nitrogens with zero attached hydrogens (tertiary/aromatic N) is 1. The van der Waals surface area contributed by atoms with E-state index in [-0.39, 0.29) is 29.0 Å². The lowest BCUT2D eigenvalue weighted by Crippen LogP contribution is -2.46. The van der Waals surface area contributed by atoms with E-state index in [4.69, 9.17) is 4.74 Å². The van der Waals surface area contributed by atoms with E-state index >= 15 is 0 Å². The average Bonchev–Trinajstić information content (AvgIpc) is 3.06. The van der Waals surface area contributed by atoms with E-state index in [1.54, 1.807) is 68.6 Å². The molecule has 2 N–H and O–H groups in total. The van der Waals surface area contributed by atoms with E-state index < -0.39 is 17.7 Å². The number of amides is 4. The Morgan fingerprint density at radius 3 is 2.12 bits per heavy atom. The van der Waals surface area contributed by atoms with Crippen LogP contribution < -0.4 is 15.5 Å². The van der Waals surface area contributed by atoms with Gasteiger partial charge in [-0.15, -0.1) is 0 Å². The molecule has 4 rings (SSSR count). The van der Waals surface area contributed by atoms with Crippen molar-refractivity contribution in [2.45, 2.75) is 13.3 Å². The first-order valence-electron chi connectivity index (χ1n) is 10.2. The molecule has 0 radical (unpaired) electrons. The maximum atomic E-state index is 12.9. The molecule has 0 bridgehead atoms. The normalized spacial score (nSPS) is 12.4. The Labute approximate surface area is 190 Å². The van der Waals surface area contributed by atoms with Gasteiger partial charge in [0.1, 0.15) is 5.75 Å². The highest BCUT2D eigenvalue weighted by Gasteiger charge is 2.36. The summed E-state index contributed by atoms with van der Waals surface area (Å²) in [5, 5.41) is 3.52. The second kappa shape index (κ2) is 8.96. The van der Waals surface area contributed by atoms with Crippen LogP contribution in [0.15, 0.2) is 66.7 Å². The van der Waals surface area contributed by atoms with E-state index in [1.165, 1.54) is 12.1 Å². The minimum absolute atomic E-state index is 0.148. The van der Waals surface area contributed by atoms with Gasteiger partial charge in [0.15, 0.2) is 0 Å². The Hall–Kier alpha value is -4.46. The number of methoxy groups -OCH3 is 1. The first-order valence-corrected chi connectivity index (χ1v) is 10.2. The molecule has 3 aromatic carbocycles. The van der Waals surface area contributed by atoms with Gasteiger partial charge in [0.2, 0.25) is 5.91 Å². The molecule has 1 aliphatic rings. The molecule has 0 saturated carbocycles. The molecule has 0 atom stereocenters. The summed E-state index contributed by atoms with van der Waals surface area (Å²) in [7, 11) is 1.57. The van der Waals surface area contributed by atoms with Gasteiger partial charge >= 0.3 is 0 Å². The lowest BCUT2D eigenvalue weighted by molar-refractivity contribution is -0.115. The summed E-state index contributed by atoms with van der Waals surface area (Å²) in [6.45, 7) is 1.68. The zero-order chi connectivity index (χ0) is 23.5. The molecule has 33 heavy (non-hydrogen) atoms. The number of hydrogen-bond acceptors (Lipinski definition) is 5. The summed E-state index contributed by atoms with van der Waals surface area (Å²) in [4.78, 5) is 50.4. The summed E-state index contributed by atoms with van der Waals surface area (Å²) in [6, 6.07) is 18.4. The molecule has 0 spiro atoms. The number of rotatable bonds is 6. The SMILES string of the molecule is COc1ccc(CC(=O)Nc2cccc(C(=O)NN3C(=O)c4ccccc4C3=O)c2C)cc1. The number of carbonyl (C=O) groups excluding carboxylic acids is 4. The smallest absolute Gasteiger partial charge is 0.280 e. The van der Waals surface area contributed by atoms with Gasteiger partial charge in [-0.3, -0.25) is 24.6 Å². The second-order valence-electron chi connectivity index (χ2n) is 7.48. The fourth-order valence-corrected chi connectivity index (χ4v) is 3.59. The summed E-state index contributed by atoms with van der Waals surface area (Å²) in [6.07, 6.45) is 0.148. The van der Waals surface area contributed by atoms with Crippen molar-refractivity contribution in [3.8, 4) is 5.75 Å². The molecule has 4 amide bonds. The zero-order valence-corrected chi connectivity index (χ0v) is 18.0. The van der Waals surface area contributed by atoms with Gasteiger partial charge in [0.25, 0.3) is 17.7 Å². The zero-order valence-electron chi connectivity index (χ0n) is 18.0. The number of carbonyl (C=O) groups is 4. The van der Waals surface area contributed by atoms with Crippen LogP contribution in [0.5, 0.6) is 5.75 Å². The van der Waals surface area contributed by atoms with Gasteiger partial charge in [-0.05, 0) is 54.4 Å². The lowest BCUT2D eigenvalue weighted by Gasteiger charge is -2.17. The number of fused-ring (bicyclic) bond motifs is 1. The van der Waals surface area contributed by atoms with Crippen molar-refractivity contribution in [2.24, 2.45) is 0 Å². The van der Waals surface area contributed by atoms with Gasteiger partial charge in [-0.1, -0.05) is 30.3 Å². The third-order valence-electron chi connectivity index (χ3n) is 5.38. The number of hydrazine groups is 1. The predicted octanol–water partition coefficient (Wildman–Crippen LogP) is 3.13. The second-order valence-corrected chi connectivity index (χ2v) is 7.48. The molecule has 0 aliphatic carbocycles. The highest BCUT2D eigenvalue weighted by molar-refractivity contribution is 6.22. The summed E-state index contributed by atoms with van der Waals surface area (Å²) < 4.78 is 5.12. The molecule has 0 unspecified atom stereocenters. The number of benzene rings is 3. The summed E-state index contributed by atoms with van der Waals surface area (Å²) in [5.74, 6) is -1.36. The molecule has 8 heteroatoms. The largest absolute Gasteiger partial charge is 0.497 e. The molecule has 0 aromatic heterocycles. The Bertz CT molecular complexity index is 1230. The topological polar surface area (TPSA) is 105 Å². The van der Waals surface area contributed by atoms with Crippen LogP contribution in [0.25, 0.3) is 0 Å². The Kier molecular flexibility index (Phi) is 5.91. The predicted molar refractivity (Wildman–Crippen MR) is 121 cm³/mol. The van der Waals surface area contributed by atoms with Crippen LogP contribution in [0, 0.1) is 6.92 Å². The minimum Gasteiger partial charge on any atom is -0.497 e. The van der Waals surface area contributed by atoms with Gasteiger partial charge in [-0.25, -0.2) is 0 Å². The van der Waals surface area contributed by atoms with Gasteiger partial charge in [0.05, 0.1) is 24.7 Å². The van der Waals surface area contributed by atoms with Gasteiger partial charge < -0.3 is 10.1 Å². The van der Waals surface area contributed by atoms with Gasteiger partial charge in [0, 0.05) is 11.3 Å². The van der Waals surface area contributed by atoms with Gasteiger partial charge in [-0.2, -0.15) is 5.01 Å². The van der Waals surface area contributed by atoms with E-state index in [2.05, 4.69) is 10.7 Å². The number of imide groups is 1. The number of anilines is 1. The van der Waals surface area contributed by atoms with E-state index in [0.717, 1.165) is 5.56 Å². The molecule has 0 fully saturated rings. The number of nitrogens with one attached hydrogen (secondary N) is 2. The van der Waals surface area contributed by atoms with Crippen molar-refractivity contribution in [3.05, 3.63) is 94.5 Å². The van der Waals surface area contributed by atoms with Crippen molar-refractivity contribution in [1.82, 2.24) is 10.4 Å². The van der Waals surface area contributed by atoms with Crippen LogP contribution in [0.3, 0.4) is 0 Å². The lowest BCUT2D eigenvalue weighted by atomic mass is 10.1. The monoisotopic (exact) mass is 443 g/mol. The third-order valence-corrected chi connectivity index (χ3v) is 5.38. The van der Waals surface area contributed by atoms with Crippen molar-refractivity contribution in [1.29, 1.82) is 0 Å². The molecule has 1 heterocycles. The Morgan fingerprint density at radius 2 is 1.52 bits per heavy atom. The van der Waals surface area contributed by atoms with Crippen LogP contribution in [0.1, 0.15) is 42.2 Å². The maximum absolute atomic E-state index is 12.9. The summed E-state index contributed by atoms with van der Waals surface area (Å²) >= 11 is 0. The van der Waals surface area contributed by atoms with E-state index in [1.807, 2.05) is 0 Å². The first kappa shape index (κ1) is 21.8. The third kappa shape index (κ3) is 4.31. The summed E-state index contributed by atoms with van der Waals surface area (Å²) in [5.41, 5.74) is 4.87. The van der Waals surface area contributed by atoms with Crippen molar-refractivity contribution in [2.75, 3.05) is 12.4 Å². The van der Waals surface area contributed by atoms with Crippen molar-refractivity contribution in [3.63, 3.8) is 0 Å². The van der Waals surface area contributed by atoms with Crippen molar-refractivity contribution >= 4 is 29.3 Å². The highest BCUT2D eigenvalue weighted by atomic mass is 16.5. The molecule has 1 aliphatic heterocycles. The quantitative estimate of drug-likeness (QED) is 0.570. The molecular weight excluding hydrogens is 422 g/mol. The standard InChI is InChI=1S/C25H21N3O5/c1-15-18(23(30)27-28-24(31)19-6-3-4-7-20(19)25(28)32)8-5-9-21(15)26-22(29)14-16-10-12-17(33-2)13-11-16/h3-13H,14H2,1-2H3,(H,26,29)(H,27,30). The fraction of sp³-hybridized carbons (Fsp3) is 0.120. The average molecular weight is 443 g/mol. The van der Waals surface area contributed by atoms with Crippen LogP contribution in [-0.4, -0.2) is 35.7 Å². The highest BCUT2D eigenvalue weighted by Crippen LogP contribution is 2.23. The number of ether oxygens (including phenoxy) is 1. The molecule has 3 aromatic rings. The fourth-order valence-electron chi connectivity index (χ4n) is 3.59. The molecular formula is C25H21N3O5. The van der Waals surface area contributed by atoms with Crippen LogP contribution in [0.2, 0.25) is 0 Å². The van der Waals surface area contributed by atoms with Crippen molar-refractivity contribution < 1.29 is 23.9 Å². The van der Waals surface area contributed by atoms with Crippen LogP contribution >= 0.6 is 0 Å². The minimum atomic E-state index is -0.631. The van der Waals surface area contributed by atoms with E-state index in [9.17, 15) is 19.2 Å². The Morgan fingerprint density at radius 1 is 0.879 bits per heavy atom. The first-order chi connectivity index (χ1) is 15.9. The number of hydrogen-bond donors (Lipinski definition) is 2.